The maximum Gasteiger partial charge on any atom is 0.165 e. The van der Waals surface area contributed by atoms with Crippen molar-refractivity contribution in [3.05, 3.63) is 29.6 Å². The number of unbranched alkanes of at least 4 members (excludes halogenated alkanes) is 1. The lowest BCUT2D eigenvalue weighted by Crippen LogP contribution is -2.11. The standard InChI is InChI=1S/C13H18FNO2S/c1-2-3-6-16-7-8-17-12-5-4-10(13(15)18)9-11(12)14/h4-5,9H,2-3,6-8H2,1H3,(H2,15,18). The van der Waals surface area contributed by atoms with E-state index >= 15 is 0 Å². The number of hydrogen-bond donors (Lipinski definition) is 1. The highest BCUT2D eigenvalue weighted by atomic mass is 32.1. The summed E-state index contributed by atoms with van der Waals surface area (Å²) < 4.78 is 24.1. The van der Waals surface area contributed by atoms with Crippen LogP contribution < -0.4 is 10.5 Å². The quantitative estimate of drug-likeness (QED) is 0.583. The van der Waals surface area contributed by atoms with Crippen molar-refractivity contribution in [1.29, 1.82) is 0 Å². The second-order valence-corrected chi connectivity index (χ2v) is 4.26. The third-order valence-corrected chi connectivity index (χ3v) is 2.58. The maximum absolute atomic E-state index is 13.6. The second kappa shape index (κ2) is 8.00. The third kappa shape index (κ3) is 4.98. The van der Waals surface area contributed by atoms with Crippen molar-refractivity contribution >= 4 is 17.2 Å². The molecule has 0 aliphatic carbocycles. The molecule has 0 aliphatic rings. The average Bonchev–Trinajstić information content (AvgIpc) is 2.35. The highest BCUT2D eigenvalue weighted by Crippen LogP contribution is 2.18. The minimum atomic E-state index is -0.464. The van der Waals surface area contributed by atoms with Crippen LogP contribution >= 0.6 is 12.2 Å². The van der Waals surface area contributed by atoms with E-state index in [4.69, 9.17) is 27.4 Å². The summed E-state index contributed by atoms with van der Waals surface area (Å²) in [5.41, 5.74) is 5.90. The van der Waals surface area contributed by atoms with Crippen LogP contribution in [0.2, 0.25) is 0 Å². The third-order valence-electron chi connectivity index (χ3n) is 2.34. The van der Waals surface area contributed by atoms with Gasteiger partial charge in [0.1, 0.15) is 11.6 Å². The van der Waals surface area contributed by atoms with E-state index in [1.54, 1.807) is 6.07 Å². The molecule has 100 valence electrons. The first-order valence-corrected chi connectivity index (χ1v) is 6.36. The van der Waals surface area contributed by atoms with Gasteiger partial charge in [0.05, 0.1) is 6.61 Å². The van der Waals surface area contributed by atoms with Crippen molar-refractivity contribution in [3.63, 3.8) is 0 Å². The van der Waals surface area contributed by atoms with Crippen molar-refractivity contribution in [2.24, 2.45) is 5.73 Å². The van der Waals surface area contributed by atoms with Crippen molar-refractivity contribution in [2.45, 2.75) is 19.8 Å². The van der Waals surface area contributed by atoms with E-state index in [9.17, 15) is 4.39 Å². The van der Waals surface area contributed by atoms with Crippen molar-refractivity contribution in [2.75, 3.05) is 19.8 Å². The molecular formula is C13H18FNO2S. The van der Waals surface area contributed by atoms with E-state index in [2.05, 4.69) is 6.92 Å². The van der Waals surface area contributed by atoms with Gasteiger partial charge in [0, 0.05) is 12.2 Å². The van der Waals surface area contributed by atoms with Crippen LogP contribution in [0.15, 0.2) is 18.2 Å². The summed E-state index contributed by atoms with van der Waals surface area (Å²) in [6.45, 7) is 3.59. The molecule has 1 aromatic carbocycles. The summed E-state index contributed by atoms with van der Waals surface area (Å²) in [6.07, 6.45) is 2.12. The Kier molecular flexibility index (Phi) is 6.60. The summed E-state index contributed by atoms with van der Waals surface area (Å²) >= 11 is 4.76. The summed E-state index contributed by atoms with van der Waals surface area (Å²) in [5, 5.41) is 0. The van der Waals surface area contributed by atoms with Crippen LogP contribution in [0.25, 0.3) is 0 Å². The summed E-state index contributed by atoms with van der Waals surface area (Å²) in [5.74, 6) is -0.275. The fourth-order valence-electron chi connectivity index (χ4n) is 1.33. The van der Waals surface area contributed by atoms with E-state index in [0.717, 1.165) is 12.8 Å². The molecule has 0 radical (unpaired) electrons. The van der Waals surface area contributed by atoms with Crippen molar-refractivity contribution in [3.8, 4) is 5.75 Å². The van der Waals surface area contributed by atoms with E-state index in [-0.39, 0.29) is 10.7 Å². The molecule has 0 aromatic heterocycles. The molecule has 18 heavy (non-hydrogen) atoms. The number of ether oxygens (including phenoxy) is 2. The number of hydrogen-bond acceptors (Lipinski definition) is 3. The molecule has 0 amide bonds. The lowest BCUT2D eigenvalue weighted by Gasteiger charge is -2.08. The minimum Gasteiger partial charge on any atom is -0.488 e. The van der Waals surface area contributed by atoms with Crippen LogP contribution in [-0.4, -0.2) is 24.8 Å². The molecule has 1 rings (SSSR count). The zero-order chi connectivity index (χ0) is 13.4. The lowest BCUT2D eigenvalue weighted by atomic mass is 10.2. The normalized spacial score (nSPS) is 10.3. The highest BCUT2D eigenvalue weighted by Gasteiger charge is 2.06. The Labute approximate surface area is 112 Å². The molecule has 0 saturated carbocycles. The summed E-state index contributed by atoms with van der Waals surface area (Å²) in [4.78, 5) is 0.170. The number of rotatable bonds is 8. The van der Waals surface area contributed by atoms with E-state index in [0.29, 0.717) is 25.4 Å². The molecular weight excluding hydrogens is 253 g/mol. The second-order valence-electron chi connectivity index (χ2n) is 3.82. The van der Waals surface area contributed by atoms with Gasteiger partial charge in [-0.2, -0.15) is 0 Å². The van der Waals surface area contributed by atoms with Gasteiger partial charge < -0.3 is 15.2 Å². The predicted octanol–water partition coefficient (Wildman–Crippen LogP) is 2.66. The minimum absolute atomic E-state index is 0.170. The van der Waals surface area contributed by atoms with Gasteiger partial charge in [0.15, 0.2) is 11.6 Å². The number of halogens is 1. The van der Waals surface area contributed by atoms with Gasteiger partial charge in [-0.1, -0.05) is 25.6 Å². The molecule has 0 fully saturated rings. The first-order chi connectivity index (χ1) is 8.65. The smallest absolute Gasteiger partial charge is 0.165 e. The van der Waals surface area contributed by atoms with Gasteiger partial charge in [0.25, 0.3) is 0 Å². The van der Waals surface area contributed by atoms with Crippen LogP contribution in [0.4, 0.5) is 4.39 Å². The van der Waals surface area contributed by atoms with Gasteiger partial charge >= 0.3 is 0 Å². The van der Waals surface area contributed by atoms with Crippen molar-refractivity contribution in [1.82, 2.24) is 0 Å². The van der Waals surface area contributed by atoms with Gasteiger partial charge in [0.2, 0.25) is 0 Å². The molecule has 2 N–H and O–H groups in total. The zero-order valence-electron chi connectivity index (χ0n) is 10.4. The number of benzene rings is 1. The van der Waals surface area contributed by atoms with Gasteiger partial charge in [-0.3, -0.25) is 0 Å². The molecule has 0 aliphatic heterocycles. The van der Waals surface area contributed by atoms with E-state index < -0.39 is 5.82 Å². The van der Waals surface area contributed by atoms with Crippen LogP contribution in [0.5, 0.6) is 5.75 Å². The molecule has 3 nitrogen and oxygen atoms in total. The molecule has 0 heterocycles. The van der Waals surface area contributed by atoms with Crippen molar-refractivity contribution < 1.29 is 13.9 Å². The average molecular weight is 271 g/mol. The Morgan fingerprint density at radius 2 is 2.11 bits per heavy atom. The Bertz CT molecular complexity index is 399. The van der Waals surface area contributed by atoms with Gasteiger partial charge in [-0.25, -0.2) is 4.39 Å². The van der Waals surface area contributed by atoms with Crippen LogP contribution in [0.1, 0.15) is 25.3 Å². The van der Waals surface area contributed by atoms with Gasteiger partial charge in [-0.05, 0) is 24.6 Å². The molecule has 0 bridgehead atoms. The van der Waals surface area contributed by atoms with Crippen LogP contribution in [-0.2, 0) is 4.74 Å². The predicted molar refractivity (Wildman–Crippen MR) is 73.5 cm³/mol. The monoisotopic (exact) mass is 271 g/mol. The Morgan fingerprint density at radius 3 is 2.72 bits per heavy atom. The molecule has 0 spiro atoms. The zero-order valence-corrected chi connectivity index (χ0v) is 11.3. The largest absolute Gasteiger partial charge is 0.488 e. The van der Waals surface area contributed by atoms with Crippen LogP contribution in [0.3, 0.4) is 0 Å². The highest BCUT2D eigenvalue weighted by molar-refractivity contribution is 7.80. The van der Waals surface area contributed by atoms with Gasteiger partial charge in [-0.15, -0.1) is 0 Å². The first kappa shape index (κ1) is 14.9. The van der Waals surface area contributed by atoms with E-state index in [1.807, 2.05) is 0 Å². The summed E-state index contributed by atoms with van der Waals surface area (Å²) in [6, 6.07) is 4.43. The maximum atomic E-state index is 13.6. The molecule has 0 saturated heterocycles. The SMILES string of the molecule is CCCCOCCOc1ccc(C(N)=S)cc1F. The number of thiocarbonyl (C=S) groups is 1. The molecule has 0 unspecified atom stereocenters. The van der Waals surface area contributed by atoms with E-state index in [1.165, 1.54) is 12.1 Å². The molecule has 5 heteroatoms. The van der Waals surface area contributed by atoms with Crippen LogP contribution in [0, 0.1) is 5.82 Å². The Hall–Kier alpha value is -1.20. The Morgan fingerprint density at radius 1 is 1.33 bits per heavy atom. The fraction of sp³-hybridized carbons (Fsp3) is 0.462. The fourth-order valence-corrected chi connectivity index (χ4v) is 1.46. The first-order valence-electron chi connectivity index (χ1n) is 5.95. The summed E-state index contributed by atoms with van der Waals surface area (Å²) in [7, 11) is 0. The number of nitrogens with two attached hydrogens (primary N) is 1. The Balaban J connectivity index is 2.36. The topological polar surface area (TPSA) is 44.5 Å². The lowest BCUT2D eigenvalue weighted by molar-refractivity contribution is 0.0967. The molecule has 0 atom stereocenters. The molecule has 1 aromatic rings.